The van der Waals surface area contributed by atoms with Crippen LogP contribution in [0.1, 0.15) is 30.3 Å². The van der Waals surface area contributed by atoms with Gasteiger partial charge in [-0.1, -0.05) is 23.5 Å². The largest absolute Gasteiger partial charge is 0.490 e. The Hall–Kier alpha value is -3.28. The van der Waals surface area contributed by atoms with E-state index in [9.17, 15) is 18.0 Å². The van der Waals surface area contributed by atoms with Crippen molar-refractivity contribution in [2.45, 2.75) is 38.7 Å². The van der Waals surface area contributed by atoms with Crippen LogP contribution in [0, 0.1) is 0 Å². The van der Waals surface area contributed by atoms with Gasteiger partial charge in [-0.2, -0.15) is 13.2 Å². The number of anilines is 1. The minimum absolute atomic E-state index is 0.0585. The highest BCUT2D eigenvalue weighted by Gasteiger charge is 2.35. The Bertz CT molecular complexity index is 1100. The fraction of sp³-hybridized carbons (Fsp3) is 0.381. The number of aromatic nitrogens is 4. The van der Waals surface area contributed by atoms with Crippen molar-refractivity contribution in [3.8, 4) is 16.5 Å². The smallest absolute Gasteiger partial charge is 0.419 e. The molecule has 0 unspecified atom stereocenters. The Morgan fingerprint density at radius 2 is 1.85 bits per heavy atom. The number of ether oxygens (including phenoxy) is 2. The summed E-state index contributed by atoms with van der Waals surface area (Å²) >= 11 is 1.26. The summed E-state index contributed by atoms with van der Waals surface area (Å²) in [4.78, 5) is 12.9. The van der Waals surface area contributed by atoms with Crippen LogP contribution in [-0.4, -0.2) is 45.6 Å². The third-order valence-corrected chi connectivity index (χ3v) is 5.91. The third kappa shape index (κ3) is 5.75. The Morgan fingerprint density at radius 3 is 2.52 bits per heavy atom. The second kappa shape index (κ2) is 9.69. The molecule has 0 radical (unpaired) electrons. The van der Waals surface area contributed by atoms with E-state index in [2.05, 4.69) is 20.4 Å². The number of carbonyl (C=O) groups excluding carboxylic acids is 1. The van der Waals surface area contributed by atoms with Gasteiger partial charge in [-0.15, -0.1) is 20.4 Å². The average Bonchev–Trinajstić information content (AvgIpc) is 3.27. The van der Waals surface area contributed by atoms with Crippen molar-refractivity contribution in [1.82, 2.24) is 20.4 Å². The third-order valence-electron chi connectivity index (χ3n) is 4.99. The van der Waals surface area contributed by atoms with Gasteiger partial charge in [0.25, 0.3) is 0 Å². The van der Waals surface area contributed by atoms with Crippen molar-refractivity contribution in [3.05, 3.63) is 47.0 Å². The SMILES string of the molecule is CC(=O)OCc1nnc(-c2ccc(N3CCC(Oc4ccccc4C(F)(F)F)CC3)nn2)s1. The van der Waals surface area contributed by atoms with E-state index in [0.717, 1.165) is 6.07 Å². The molecule has 3 heterocycles. The van der Waals surface area contributed by atoms with E-state index in [1.807, 2.05) is 11.0 Å². The summed E-state index contributed by atoms with van der Waals surface area (Å²) in [5.41, 5.74) is -0.214. The molecule has 1 aliphatic heterocycles. The summed E-state index contributed by atoms with van der Waals surface area (Å²) in [5, 5.41) is 17.6. The first kappa shape index (κ1) is 22.9. The van der Waals surface area contributed by atoms with Crippen molar-refractivity contribution in [2.75, 3.05) is 18.0 Å². The molecule has 1 aliphatic rings. The molecule has 3 aromatic rings. The maximum Gasteiger partial charge on any atom is 0.419 e. The number of benzene rings is 1. The van der Waals surface area contributed by atoms with Crippen LogP contribution in [0.5, 0.6) is 5.75 Å². The fourth-order valence-electron chi connectivity index (χ4n) is 3.37. The average molecular weight is 479 g/mol. The van der Waals surface area contributed by atoms with Crippen LogP contribution >= 0.6 is 11.3 Å². The molecule has 2 aromatic heterocycles. The van der Waals surface area contributed by atoms with Crippen LogP contribution in [-0.2, 0) is 22.3 Å². The van der Waals surface area contributed by atoms with Crippen LogP contribution in [0.15, 0.2) is 36.4 Å². The van der Waals surface area contributed by atoms with Gasteiger partial charge in [-0.25, -0.2) is 0 Å². The standard InChI is InChI=1S/C21H20F3N5O3S/c1-13(30)31-12-19-27-28-20(33-19)16-6-7-18(26-25-16)29-10-8-14(9-11-29)32-17-5-3-2-4-15(17)21(22,23)24/h2-7,14H,8-12H2,1H3. The maximum atomic E-state index is 13.2. The quantitative estimate of drug-likeness (QED) is 0.488. The molecule has 0 N–H and O–H groups in total. The second-order valence-electron chi connectivity index (χ2n) is 7.36. The van der Waals surface area contributed by atoms with E-state index in [4.69, 9.17) is 9.47 Å². The number of halogens is 3. The van der Waals surface area contributed by atoms with Gasteiger partial charge in [0.15, 0.2) is 15.8 Å². The summed E-state index contributed by atoms with van der Waals surface area (Å²) in [6.07, 6.45) is -3.64. The molecule has 8 nitrogen and oxygen atoms in total. The molecular formula is C21H20F3N5O3S. The van der Waals surface area contributed by atoms with Gasteiger partial charge in [0, 0.05) is 32.9 Å². The highest BCUT2D eigenvalue weighted by atomic mass is 32.1. The lowest BCUT2D eigenvalue weighted by atomic mass is 10.1. The van der Waals surface area contributed by atoms with E-state index in [0.29, 0.717) is 47.5 Å². The fourth-order valence-corrected chi connectivity index (χ4v) is 4.09. The number of esters is 1. The zero-order valence-corrected chi connectivity index (χ0v) is 18.4. The van der Waals surface area contributed by atoms with Gasteiger partial charge in [-0.05, 0) is 24.3 Å². The van der Waals surface area contributed by atoms with Crippen molar-refractivity contribution in [1.29, 1.82) is 0 Å². The van der Waals surface area contributed by atoms with Gasteiger partial charge < -0.3 is 14.4 Å². The van der Waals surface area contributed by atoms with Crippen molar-refractivity contribution >= 4 is 23.1 Å². The van der Waals surface area contributed by atoms with Crippen LogP contribution in [0.25, 0.3) is 10.7 Å². The number of para-hydroxylation sites is 1. The Labute approximate surface area is 191 Å². The number of carbonyl (C=O) groups is 1. The van der Waals surface area contributed by atoms with E-state index < -0.39 is 17.7 Å². The Balaban J connectivity index is 1.34. The van der Waals surface area contributed by atoms with Crippen molar-refractivity contribution < 1.29 is 27.4 Å². The molecular weight excluding hydrogens is 459 g/mol. The number of nitrogens with zero attached hydrogens (tertiary/aromatic N) is 5. The summed E-state index contributed by atoms with van der Waals surface area (Å²) < 4.78 is 50.1. The molecule has 0 aliphatic carbocycles. The Morgan fingerprint density at radius 1 is 1.09 bits per heavy atom. The highest BCUT2D eigenvalue weighted by Crippen LogP contribution is 2.37. The molecule has 33 heavy (non-hydrogen) atoms. The molecule has 1 fully saturated rings. The van der Waals surface area contributed by atoms with Gasteiger partial charge in [0.2, 0.25) is 0 Å². The van der Waals surface area contributed by atoms with Gasteiger partial charge in [0.05, 0.1) is 5.56 Å². The summed E-state index contributed by atoms with van der Waals surface area (Å²) in [7, 11) is 0. The molecule has 1 saturated heterocycles. The molecule has 0 amide bonds. The van der Waals surface area contributed by atoms with E-state index >= 15 is 0 Å². The van der Waals surface area contributed by atoms with Crippen molar-refractivity contribution in [2.24, 2.45) is 0 Å². The topological polar surface area (TPSA) is 90.3 Å². The minimum Gasteiger partial charge on any atom is -0.490 e. The lowest BCUT2D eigenvalue weighted by molar-refractivity contribution is -0.142. The monoisotopic (exact) mass is 479 g/mol. The zero-order chi connectivity index (χ0) is 23.4. The number of rotatable bonds is 6. The molecule has 0 saturated carbocycles. The summed E-state index contributed by atoms with van der Waals surface area (Å²) in [6.45, 7) is 2.54. The first-order valence-corrected chi connectivity index (χ1v) is 11.0. The molecule has 12 heteroatoms. The molecule has 0 spiro atoms. The van der Waals surface area contributed by atoms with Crippen LogP contribution < -0.4 is 9.64 Å². The van der Waals surface area contributed by atoms with E-state index in [1.165, 1.54) is 36.5 Å². The number of hydrogen-bond acceptors (Lipinski definition) is 9. The van der Waals surface area contributed by atoms with Crippen LogP contribution in [0.4, 0.5) is 19.0 Å². The normalized spacial score (nSPS) is 14.8. The lowest BCUT2D eigenvalue weighted by Crippen LogP contribution is -2.39. The maximum absolute atomic E-state index is 13.2. The molecule has 4 rings (SSSR count). The molecule has 0 atom stereocenters. The zero-order valence-electron chi connectivity index (χ0n) is 17.6. The molecule has 174 valence electrons. The van der Waals surface area contributed by atoms with Crippen molar-refractivity contribution in [3.63, 3.8) is 0 Å². The first-order valence-electron chi connectivity index (χ1n) is 10.2. The van der Waals surface area contributed by atoms with E-state index in [-0.39, 0.29) is 18.5 Å². The predicted octanol–water partition coefficient (Wildman–Crippen LogP) is 4.12. The van der Waals surface area contributed by atoms with Gasteiger partial charge >= 0.3 is 12.1 Å². The van der Waals surface area contributed by atoms with Gasteiger partial charge in [0.1, 0.15) is 24.2 Å². The van der Waals surface area contributed by atoms with Crippen LogP contribution in [0.3, 0.4) is 0 Å². The number of piperidine rings is 1. The van der Waals surface area contributed by atoms with Crippen LogP contribution in [0.2, 0.25) is 0 Å². The molecule has 1 aromatic carbocycles. The van der Waals surface area contributed by atoms with E-state index in [1.54, 1.807) is 6.07 Å². The number of alkyl halides is 3. The number of hydrogen-bond donors (Lipinski definition) is 0. The Kier molecular flexibility index (Phi) is 6.72. The highest BCUT2D eigenvalue weighted by molar-refractivity contribution is 7.14. The lowest BCUT2D eigenvalue weighted by Gasteiger charge is -2.33. The first-order chi connectivity index (χ1) is 15.8. The second-order valence-corrected chi connectivity index (χ2v) is 8.42. The predicted molar refractivity (Wildman–Crippen MR) is 114 cm³/mol. The molecule has 0 bridgehead atoms. The minimum atomic E-state index is -4.46. The summed E-state index contributed by atoms with van der Waals surface area (Å²) in [5.74, 6) is 0.130. The van der Waals surface area contributed by atoms with Gasteiger partial charge in [-0.3, -0.25) is 4.79 Å². The summed E-state index contributed by atoms with van der Waals surface area (Å²) in [6, 6.07) is 8.86.